The van der Waals surface area contributed by atoms with Gasteiger partial charge in [-0.15, -0.1) is 0 Å². The van der Waals surface area contributed by atoms with Gasteiger partial charge < -0.3 is 18.6 Å². The number of ether oxygens (including phenoxy) is 3. The van der Waals surface area contributed by atoms with Crippen LogP contribution in [0, 0.1) is 0 Å². The molecule has 2 aliphatic heterocycles. The van der Waals surface area contributed by atoms with Crippen LogP contribution >= 0.6 is 0 Å². The van der Waals surface area contributed by atoms with Crippen LogP contribution < -0.4 is 10.4 Å². The highest BCUT2D eigenvalue weighted by Crippen LogP contribution is 2.47. The third-order valence-electron chi connectivity index (χ3n) is 7.35. The van der Waals surface area contributed by atoms with Crippen LogP contribution in [0.1, 0.15) is 41.5 Å². The summed E-state index contributed by atoms with van der Waals surface area (Å²) in [6.07, 6.45) is -1.83. The van der Waals surface area contributed by atoms with Gasteiger partial charge in [0.1, 0.15) is 23.9 Å². The number of fused-ring (bicyclic) bond motifs is 1. The van der Waals surface area contributed by atoms with Crippen molar-refractivity contribution in [2.24, 2.45) is 5.11 Å². The maximum atomic E-state index is 12.3. The van der Waals surface area contributed by atoms with Gasteiger partial charge in [-0.1, -0.05) is 86.5 Å². The molecule has 0 radical (unpaired) electrons. The van der Waals surface area contributed by atoms with E-state index in [0.717, 1.165) is 16.6 Å². The minimum atomic E-state index is -3.91. The van der Waals surface area contributed by atoms with Crippen LogP contribution in [0.4, 0.5) is 0 Å². The molecule has 0 spiro atoms. The first-order valence-electron chi connectivity index (χ1n) is 12.9. The smallest absolute Gasteiger partial charge is 0.264 e. The molecule has 4 rings (SSSR count). The molecule has 10 nitrogen and oxygen atoms in total. The molecule has 0 aromatic heterocycles. The summed E-state index contributed by atoms with van der Waals surface area (Å²) in [6.45, 7) is 11.3. The molecule has 5 atom stereocenters. The van der Waals surface area contributed by atoms with E-state index < -0.39 is 54.4 Å². The van der Waals surface area contributed by atoms with E-state index in [-0.39, 0.29) is 11.6 Å². The van der Waals surface area contributed by atoms with E-state index in [1.54, 1.807) is 20.8 Å². The van der Waals surface area contributed by atoms with Gasteiger partial charge in [-0.25, -0.2) is 0 Å². The lowest BCUT2D eigenvalue weighted by molar-refractivity contribution is -0.245. The summed E-state index contributed by atoms with van der Waals surface area (Å²) in [5.74, 6) is -0.982. The summed E-state index contributed by atoms with van der Waals surface area (Å²) in [4.78, 5) is 3.07. The SMILES string of the molecule is CC(OS(C)(=O)=O)[C@]1(CO[Si](c2ccccc2)(c2ccccc2)C(C)(C)C)O[C@@H]2OC(C)(C)O[C@@H]2[C@@H]1N=[N+]=[N-]. The summed E-state index contributed by atoms with van der Waals surface area (Å²) in [6, 6.07) is 19.0. The van der Waals surface area contributed by atoms with Crippen molar-refractivity contribution in [1.29, 1.82) is 0 Å². The van der Waals surface area contributed by atoms with Crippen molar-refractivity contribution in [2.45, 2.75) is 82.5 Å². The van der Waals surface area contributed by atoms with Gasteiger partial charge in [-0.2, -0.15) is 8.42 Å². The molecule has 0 N–H and O–H groups in total. The normalized spacial score (nSPS) is 27.5. The number of benzene rings is 2. The summed E-state index contributed by atoms with van der Waals surface area (Å²) in [5.41, 5.74) is 8.02. The number of hydrogen-bond donors (Lipinski definition) is 0. The number of nitrogens with zero attached hydrogens (tertiary/aromatic N) is 3. The minimum Gasteiger partial charge on any atom is -0.404 e. The molecule has 212 valence electrons. The van der Waals surface area contributed by atoms with E-state index in [1.165, 1.54) is 0 Å². The van der Waals surface area contributed by atoms with Crippen LogP contribution in [0.3, 0.4) is 0 Å². The average Bonchev–Trinajstić information content (AvgIpc) is 3.29. The van der Waals surface area contributed by atoms with Crippen LogP contribution in [0.15, 0.2) is 65.8 Å². The van der Waals surface area contributed by atoms with Gasteiger partial charge in [-0.3, -0.25) is 4.18 Å². The van der Waals surface area contributed by atoms with Crippen molar-refractivity contribution in [2.75, 3.05) is 12.9 Å². The molecule has 2 fully saturated rings. The second kappa shape index (κ2) is 10.6. The molecule has 2 heterocycles. The van der Waals surface area contributed by atoms with E-state index in [4.69, 9.17) is 22.8 Å². The molecule has 0 amide bonds. The molecule has 0 saturated carbocycles. The van der Waals surface area contributed by atoms with E-state index in [9.17, 15) is 13.9 Å². The van der Waals surface area contributed by atoms with Crippen LogP contribution in [-0.4, -0.2) is 65.5 Å². The molecule has 0 aliphatic carbocycles. The van der Waals surface area contributed by atoms with Crippen molar-refractivity contribution in [3.63, 3.8) is 0 Å². The predicted octanol–water partition coefficient (Wildman–Crippen LogP) is 3.85. The summed E-state index contributed by atoms with van der Waals surface area (Å²) < 4.78 is 55.7. The standard InChI is InChI=1S/C27H37N3O7SSi/c1-19(37-38(7,31)32)27(23(29-30-28)22-24(36-27)35-26(5,6)34-22)18-33-39(25(2,3)4,20-14-10-8-11-15-20)21-16-12-9-13-17-21/h8-17,19,22-24H,18H2,1-7H3/t19?,22-,23+,24+,27+/m1/s1. The first-order valence-corrected chi connectivity index (χ1v) is 16.6. The molecule has 12 heteroatoms. The maximum Gasteiger partial charge on any atom is 0.264 e. The zero-order valence-corrected chi connectivity index (χ0v) is 25.2. The molecule has 39 heavy (non-hydrogen) atoms. The molecule has 1 unspecified atom stereocenters. The van der Waals surface area contributed by atoms with Gasteiger partial charge in [0.15, 0.2) is 12.1 Å². The van der Waals surface area contributed by atoms with E-state index >= 15 is 0 Å². The van der Waals surface area contributed by atoms with Crippen molar-refractivity contribution in [3.05, 3.63) is 71.1 Å². The van der Waals surface area contributed by atoms with Crippen LogP contribution in [0.25, 0.3) is 10.4 Å². The first-order chi connectivity index (χ1) is 18.2. The Balaban J connectivity index is 1.87. The van der Waals surface area contributed by atoms with Gasteiger partial charge in [0.05, 0.1) is 12.9 Å². The number of rotatable bonds is 9. The van der Waals surface area contributed by atoms with Gasteiger partial charge >= 0.3 is 0 Å². The van der Waals surface area contributed by atoms with E-state index in [0.29, 0.717) is 0 Å². The Morgan fingerprint density at radius 1 is 1.03 bits per heavy atom. The third-order valence-corrected chi connectivity index (χ3v) is 13.0. The van der Waals surface area contributed by atoms with Gasteiger partial charge in [0, 0.05) is 4.91 Å². The highest BCUT2D eigenvalue weighted by Gasteiger charge is 2.65. The third kappa shape index (κ3) is 5.66. The lowest BCUT2D eigenvalue weighted by Gasteiger charge is -2.46. The van der Waals surface area contributed by atoms with Gasteiger partial charge in [-0.05, 0) is 41.7 Å². The molecule has 2 aromatic rings. The zero-order valence-electron chi connectivity index (χ0n) is 23.4. The Kier molecular flexibility index (Phi) is 8.07. The van der Waals surface area contributed by atoms with E-state index in [1.807, 2.05) is 36.4 Å². The summed E-state index contributed by atoms with van der Waals surface area (Å²) in [5, 5.41) is 5.75. The molecule has 2 aromatic carbocycles. The minimum absolute atomic E-state index is 0.138. The topological polar surface area (TPSA) is 129 Å². The zero-order chi connectivity index (χ0) is 28.7. The van der Waals surface area contributed by atoms with Crippen molar-refractivity contribution >= 4 is 28.8 Å². The Morgan fingerprint density at radius 2 is 1.56 bits per heavy atom. The second-order valence-corrected chi connectivity index (χ2v) is 17.5. The number of hydrogen-bond acceptors (Lipinski definition) is 8. The van der Waals surface area contributed by atoms with Crippen molar-refractivity contribution in [3.8, 4) is 0 Å². The maximum absolute atomic E-state index is 12.3. The Hall–Kier alpha value is -2.28. The Morgan fingerprint density at radius 3 is 2.03 bits per heavy atom. The van der Waals surface area contributed by atoms with Gasteiger partial charge in [0.25, 0.3) is 18.4 Å². The second-order valence-electron chi connectivity index (χ2n) is 11.6. The predicted molar refractivity (Wildman–Crippen MR) is 150 cm³/mol. The fourth-order valence-corrected chi connectivity index (χ4v) is 11.0. The van der Waals surface area contributed by atoms with E-state index in [2.05, 4.69) is 55.1 Å². The monoisotopic (exact) mass is 575 g/mol. The quantitative estimate of drug-likeness (QED) is 0.146. The Labute approximate surface area is 231 Å². The fraction of sp³-hybridized carbons (Fsp3) is 0.556. The molecule has 2 saturated heterocycles. The summed E-state index contributed by atoms with van der Waals surface area (Å²) >= 11 is 0. The average molecular weight is 576 g/mol. The fourth-order valence-electron chi connectivity index (χ4n) is 5.74. The molecule has 0 bridgehead atoms. The van der Waals surface area contributed by atoms with Crippen LogP contribution in [0.5, 0.6) is 0 Å². The highest BCUT2D eigenvalue weighted by atomic mass is 32.2. The number of azide groups is 1. The molecule has 2 aliphatic rings. The highest BCUT2D eigenvalue weighted by molar-refractivity contribution is 7.86. The summed E-state index contributed by atoms with van der Waals surface area (Å²) in [7, 11) is -7.00. The molecular weight excluding hydrogens is 538 g/mol. The van der Waals surface area contributed by atoms with Crippen LogP contribution in [0.2, 0.25) is 5.04 Å². The van der Waals surface area contributed by atoms with Crippen LogP contribution in [-0.2, 0) is 32.9 Å². The lowest BCUT2D eigenvalue weighted by atomic mass is 9.89. The largest absolute Gasteiger partial charge is 0.404 e. The van der Waals surface area contributed by atoms with Crippen molar-refractivity contribution in [1.82, 2.24) is 0 Å². The van der Waals surface area contributed by atoms with Gasteiger partial charge in [0.2, 0.25) is 0 Å². The van der Waals surface area contributed by atoms with Crippen molar-refractivity contribution < 1.29 is 31.2 Å². The Bertz CT molecular complexity index is 1270. The first kappa shape index (κ1) is 29.7. The molecular formula is C27H37N3O7SSi. The lowest BCUT2D eigenvalue weighted by Crippen LogP contribution is -2.69.